The van der Waals surface area contributed by atoms with Crippen LogP contribution in [0.2, 0.25) is 0 Å². The topological polar surface area (TPSA) is 140 Å². The van der Waals surface area contributed by atoms with E-state index in [1.807, 2.05) is 0 Å². The second-order valence-electron chi connectivity index (χ2n) is 7.46. The molecule has 1 amide bonds. The molecule has 2 aromatic rings. The molecule has 2 aliphatic rings. The molecule has 13 heteroatoms. The fourth-order valence-corrected chi connectivity index (χ4v) is 5.13. The van der Waals surface area contributed by atoms with E-state index in [0.717, 1.165) is 28.9 Å². The molecule has 0 spiro atoms. The number of nitrogens with one attached hydrogen (secondary N) is 1. The minimum atomic E-state index is -3.73. The van der Waals surface area contributed by atoms with E-state index in [9.17, 15) is 13.2 Å². The van der Waals surface area contributed by atoms with Crippen molar-refractivity contribution in [1.29, 1.82) is 5.41 Å². The minimum Gasteiger partial charge on any atom is -0.497 e. The molecule has 0 saturated carbocycles. The van der Waals surface area contributed by atoms with E-state index in [0.29, 0.717) is 29.4 Å². The average Bonchev–Trinajstić information content (AvgIpc) is 3.30. The lowest BCUT2D eigenvalue weighted by Crippen LogP contribution is -2.45. The van der Waals surface area contributed by atoms with Gasteiger partial charge in [-0.15, -0.1) is 0 Å². The number of ether oxygens (including phenoxy) is 4. The number of hydrogen-bond donors (Lipinski definition) is 1. The van der Waals surface area contributed by atoms with Crippen LogP contribution in [0, 0.1) is 5.41 Å². The van der Waals surface area contributed by atoms with Gasteiger partial charge in [0.2, 0.25) is 20.2 Å². The van der Waals surface area contributed by atoms with Gasteiger partial charge in [-0.1, -0.05) is 6.07 Å². The number of carbonyl (C=O) groups excluding carboxylic acids is 1. The van der Waals surface area contributed by atoms with Crippen LogP contribution in [-0.2, 0) is 14.6 Å². The number of hydrogen-bond acceptors (Lipinski definition) is 10. The lowest BCUT2D eigenvalue weighted by Gasteiger charge is -2.23. The molecule has 0 bridgehead atoms. The number of nitrogens with zero attached hydrogens (tertiary/aromatic N) is 3. The van der Waals surface area contributed by atoms with E-state index >= 15 is 0 Å². The molecule has 2 aliphatic heterocycles. The maximum Gasteiger partial charge on any atom is 0.283 e. The van der Waals surface area contributed by atoms with Crippen molar-refractivity contribution in [1.82, 2.24) is 4.90 Å². The van der Waals surface area contributed by atoms with Crippen LogP contribution in [-0.4, -0.2) is 69.1 Å². The third-order valence-corrected chi connectivity index (χ3v) is 6.75. The van der Waals surface area contributed by atoms with E-state index in [2.05, 4.69) is 9.39 Å². The van der Waals surface area contributed by atoms with Crippen LogP contribution in [0.1, 0.15) is 5.56 Å². The Morgan fingerprint density at radius 1 is 1.00 bits per heavy atom. The Labute approximate surface area is 212 Å². The van der Waals surface area contributed by atoms with Crippen LogP contribution in [0.25, 0.3) is 6.08 Å². The molecular formula is C23H22N4O7S2. The molecular weight excluding hydrogens is 508 g/mol. The van der Waals surface area contributed by atoms with Gasteiger partial charge < -0.3 is 18.9 Å². The minimum absolute atomic E-state index is 0.0285. The summed E-state index contributed by atoms with van der Waals surface area (Å²) in [6.45, 7) is 0.551. The fraction of sp³-hybridized carbons (Fsp3) is 0.217. The summed E-state index contributed by atoms with van der Waals surface area (Å²) in [7, 11) is -0.653. The molecule has 1 N–H and O–H groups in total. The molecule has 0 aromatic heterocycles. The molecule has 11 nitrogen and oxygen atoms in total. The molecule has 0 radical (unpaired) electrons. The van der Waals surface area contributed by atoms with Crippen LogP contribution in [0.3, 0.4) is 0 Å². The lowest BCUT2D eigenvalue weighted by molar-refractivity contribution is -0.114. The van der Waals surface area contributed by atoms with Gasteiger partial charge in [0.1, 0.15) is 30.5 Å². The number of methoxy groups -OCH3 is 2. The van der Waals surface area contributed by atoms with Crippen LogP contribution in [0.4, 0.5) is 0 Å². The highest BCUT2D eigenvalue weighted by Gasteiger charge is 2.41. The van der Waals surface area contributed by atoms with E-state index < -0.39 is 15.7 Å². The number of aliphatic imine (C=N–C) groups is 1. The van der Waals surface area contributed by atoms with E-state index in [1.54, 1.807) is 49.6 Å². The number of amidine groups is 3. The zero-order valence-corrected chi connectivity index (χ0v) is 21.2. The Hall–Kier alpha value is -3.84. The first-order chi connectivity index (χ1) is 17.2. The summed E-state index contributed by atoms with van der Waals surface area (Å²) in [4.78, 5) is 17.5. The van der Waals surface area contributed by atoms with Crippen LogP contribution in [0.15, 0.2) is 57.4 Å². The maximum atomic E-state index is 12.5. The maximum absolute atomic E-state index is 12.5. The molecule has 2 heterocycles. The normalized spacial score (nSPS) is 16.4. The monoisotopic (exact) mass is 530 g/mol. The van der Waals surface area contributed by atoms with Crippen molar-refractivity contribution < 1.29 is 32.2 Å². The van der Waals surface area contributed by atoms with Crippen molar-refractivity contribution in [3.63, 3.8) is 0 Å². The molecule has 0 aliphatic carbocycles. The summed E-state index contributed by atoms with van der Waals surface area (Å²) in [6.07, 6.45) is 2.42. The van der Waals surface area contributed by atoms with Crippen molar-refractivity contribution in [3.05, 3.63) is 53.6 Å². The lowest BCUT2D eigenvalue weighted by atomic mass is 10.1. The summed E-state index contributed by atoms with van der Waals surface area (Å²) < 4.78 is 49.9. The molecule has 0 atom stereocenters. The summed E-state index contributed by atoms with van der Waals surface area (Å²) >= 11 is 0.738. The third kappa shape index (κ3) is 5.36. The van der Waals surface area contributed by atoms with Crippen LogP contribution < -0.4 is 18.9 Å². The van der Waals surface area contributed by atoms with Crippen molar-refractivity contribution in [2.75, 3.05) is 33.7 Å². The van der Waals surface area contributed by atoms with Gasteiger partial charge in [-0.05, 0) is 48.0 Å². The van der Waals surface area contributed by atoms with Crippen LogP contribution in [0.5, 0.6) is 23.0 Å². The second kappa shape index (κ2) is 10.4. The number of sulfone groups is 1. The summed E-state index contributed by atoms with van der Waals surface area (Å²) in [5, 5.41) is 8.12. The summed E-state index contributed by atoms with van der Waals surface area (Å²) in [6, 6.07) is 12.2. The van der Waals surface area contributed by atoms with Crippen molar-refractivity contribution in [3.8, 4) is 23.0 Å². The van der Waals surface area contributed by atoms with Crippen molar-refractivity contribution >= 4 is 49.9 Å². The van der Waals surface area contributed by atoms with E-state index in [-0.39, 0.29) is 28.4 Å². The third-order valence-electron chi connectivity index (χ3n) is 4.99. The number of fused-ring (bicyclic) bond motifs is 1. The van der Waals surface area contributed by atoms with Gasteiger partial charge in [-0.3, -0.25) is 10.2 Å². The largest absolute Gasteiger partial charge is 0.497 e. The smallest absolute Gasteiger partial charge is 0.283 e. The van der Waals surface area contributed by atoms with Crippen LogP contribution >= 0.6 is 11.9 Å². The van der Waals surface area contributed by atoms with Gasteiger partial charge in [-0.25, -0.2) is 13.3 Å². The highest BCUT2D eigenvalue weighted by Crippen LogP contribution is 2.32. The van der Waals surface area contributed by atoms with Gasteiger partial charge in [0.15, 0.2) is 11.5 Å². The molecule has 4 rings (SSSR count). The molecule has 36 heavy (non-hydrogen) atoms. The van der Waals surface area contributed by atoms with Gasteiger partial charge in [0.05, 0.1) is 31.7 Å². The predicted octanol–water partition coefficient (Wildman–Crippen LogP) is 2.78. The van der Waals surface area contributed by atoms with Gasteiger partial charge in [0.25, 0.3) is 5.91 Å². The number of rotatable bonds is 8. The SMILES string of the molecule is COc1ccc(OCCOc2ccc(/C=C3/C(=N)N4C(=NC3=O)SN=C4S(C)(=O)=O)cc2OC)cc1. The Morgan fingerprint density at radius 3 is 2.36 bits per heavy atom. The Balaban J connectivity index is 1.46. The molecule has 0 unspecified atom stereocenters. The first-order valence-electron chi connectivity index (χ1n) is 10.5. The summed E-state index contributed by atoms with van der Waals surface area (Å²) in [5.74, 6) is 1.29. The standard InChI is InChI=1S/C23H22N4O7S2/c1-31-15-5-7-16(8-6-15)33-10-11-34-18-9-4-14(13-19(18)32-2)12-17-20(24)27-22(25-21(17)28)35-26-23(27)36(3,29)30/h4-9,12-13,24H,10-11H2,1-3H3/b17-12-,24-20?. The highest BCUT2D eigenvalue weighted by atomic mass is 32.2. The highest BCUT2D eigenvalue weighted by molar-refractivity contribution is 8.16. The number of amides is 1. The predicted molar refractivity (Wildman–Crippen MR) is 137 cm³/mol. The van der Waals surface area contributed by atoms with E-state index in [4.69, 9.17) is 24.4 Å². The summed E-state index contributed by atoms with van der Waals surface area (Å²) in [5.41, 5.74) is 0.450. The molecule has 0 saturated heterocycles. The Morgan fingerprint density at radius 2 is 1.69 bits per heavy atom. The average molecular weight is 531 g/mol. The zero-order valence-electron chi connectivity index (χ0n) is 19.5. The Kier molecular flexibility index (Phi) is 7.31. The molecule has 188 valence electrons. The number of carbonyl (C=O) groups is 1. The molecule has 0 fully saturated rings. The van der Waals surface area contributed by atoms with Gasteiger partial charge in [-0.2, -0.15) is 9.39 Å². The van der Waals surface area contributed by atoms with Crippen molar-refractivity contribution in [2.24, 2.45) is 9.39 Å². The number of benzene rings is 2. The Bertz CT molecular complexity index is 1400. The fourth-order valence-electron chi connectivity index (χ4n) is 3.28. The quantitative estimate of drug-likeness (QED) is 0.310. The zero-order chi connectivity index (χ0) is 25.9. The van der Waals surface area contributed by atoms with Gasteiger partial charge >= 0.3 is 0 Å². The van der Waals surface area contributed by atoms with Crippen molar-refractivity contribution in [2.45, 2.75) is 0 Å². The first-order valence-corrected chi connectivity index (χ1v) is 13.1. The van der Waals surface area contributed by atoms with E-state index in [1.165, 1.54) is 13.2 Å². The second-order valence-corrected chi connectivity index (χ2v) is 10.1. The first kappa shape index (κ1) is 25.3. The molecule has 2 aromatic carbocycles. The van der Waals surface area contributed by atoms with Gasteiger partial charge in [0, 0.05) is 6.26 Å².